The Hall–Kier alpha value is -2.20. The van der Waals surface area contributed by atoms with Gasteiger partial charge in [-0.3, -0.25) is 9.67 Å². The summed E-state index contributed by atoms with van der Waals surface area (Å²) in [5, 5.41) is 4.72. The highest BCUT2D eigenvalue weighted by Gasteiger charge is 2.03. The molecule has 0 aliphatic carbocycles. The van der Waals surface area contributed by atoms with Crippen molar-refractivity contribution in [2.24, 2.45) is 0 Å². The van der Waals surface area contributed by atoms with Gasteiger partial charge in [0, 0.05) is 11.8 Å². The van der Waals surface area contributed by atoms with Crippen molar-refractivity contribution in [3.63, 3.8) is 0 Å². The van der Waals surface area contributed by atoms with Crippen LogP contribution in [0.2, 0.25) is 5.15 Å². The van der Waals surface area contributed by atoms with Crippen LogP contribution in [0.25, 0.3) is 11.1 Å². The fourth-order valence-electron chi connectivity index (χ4n) is 1.82. The molecule has 0 bridgehead atoms. The Morgan fingerprint density at radius 2 is 1.79 bits per heavy atom. The van der Waals surface area contributed by atoms with Crippen molar-refractivity contribution in [2.45, 2.75) is 6.54 Å². The molecule has 0 radical (unpaired) electrons. The maximum atomic E-state index is 5.70. The summed E-state index contributed by atoms with van der Waals surface area (Å²) >= 11 is 5.70. The minimum atomic E-state index is 0.397. The Morgan fingerprint density at radius 1 is 0.947 bits per heavy atom. The van der Waals surface area contributed by atoms with Gasteiger partial charge in [0.1, 0.15) is 5.15 Å². The van der Waals surface area contributed by atoms with Gasteiger partial charge in [0.2, 0.25) is 0 Å². The minimum Gasteiger partial charge on any atom is -0.266 e. The van der Waals surface area contributed by atoms with Gasteiger partial charge in [-0.05, 0) is 5.56 Å². The molecule has 1 aromatic carbocycles. The van der Waals surface area contributed by atoms with E-state index in [-0.39, 0.29) is 0 Å². The van der Waals surface area contributed by atoms with Gasteiger partial charge in [-0.25, -0.2) is 4.98 Å². The molecule has 0 unspecified atom stereocenters. The maximum absolute atomic E-state index is 5.70. The van der Waals surface area contributed by atoms with Crippen LogP contribution in [0, 0.1) is 0 Å². The molecule has 0 saturated carbocycles. The predicted octanol–water partition coefficient (Wildman–Crippen LogP) is 3.04. The van der Waals surface area contributed by atoms with Crippen LogP contribution >= 0.6 is 11.6 Å². The molecule has 0 atom stereocenters. The zero-order valence-electron chi connectivity index (χ0n) is 10.1. The van der Waals surface area contributed by atoms with E-state index < -0.39 is 0 Å². The summed E-state index contributed by atoms with van der Waals surface area (Å²) in [6.45, 7) is 0.580. The van der Waals surface area contributed by atoms with Crippen molar-refractivity contribution in [1.82, 2.24) is 19.7 Å². The van der Waals surface area contributed by atoms with Crippen molar-refractivity contribution in [3.05, 3.63) is 66.0 Å². The van der Waals surface area contributed by atoms with Crippen LogP contribution in [-0.4, -0.2) is 19.7 Å². The zero-order valence-corrected chi connectivity index (χ0v) is 10.8. The lowest BCUT2D eigenvalue weighted by Gasteiger charge is -2.00. The fourth-order valence-corrected chi connectivity index (χ4v) is 1.91. The highest BCUT2D eigenvalue weighted by molar-refractivity contribution is 6.29. The Bertz CT molecular complexity index is 661. The van der Waals surface area contributed by atoms with Crippen LogP contribution < -0.4 is 0 Å². The van der Waals surface area contributed by atoms with Crippen LogP contribution in [0.1, 0.15) is 5.69 Å². The first-order valence-corrected chi connectivity index (χ1v) is 6.23. The standard InChI is InChI=1S/C14H11ClN4/c15-14-8-16-13(7-17-14)10-19-9-12(6-18-19)11-4-2-1-3-5-11/h1-9H,10H2. The van der Waals surface area contributed by atoms with Crippen LogP contribution in [0.4, 0.5) is 0 Å². The summed E-state index contributed by atoms with van der Waals surface area (Å²) in [5.41, 5.74) is 3.06. The third-order valence-electron chi connectivity index (χ3n) is 2.74. The van der Waals surface area contributed by atoms with E-state index in [0.29, 0.717) is 11.7 Å². The van der Waals surface area contributed by atoms with Crippen molar-refractivity contribution >= 4 is 11.6 Å². The molecule has 3 aromatic rings. The Kier molecular flexibility index (Phi) is 3.25. The molecule has 2 heterocycles. The minimum absolute atomic E-state index is 0.397. The molecule has 0 aliphatic heterocycles. The summed E-state index contributed by atoms with van der Waals surface area (Å²) in [4.78, 5) is 8.20. The average molecular weight is 271 g/mol. The smallest absolute Gasteiger partial charge is 0.147 e. The summed E-state index contributed by atoms with van der Waals surface area (Å²) in [6.07, 6.45) is 7.04. The van der Waals surface area contributed by atoms with E-state index >= 15 is 0 Å². The summed E-state index contributed by atoms with van der Waals surface area (Å²) in [7, 11) is 0. The number of aromatic nitrogens is 4. The summed E-state index contributed by atoms with van der Waals surface area (Å²) in [6, 6.07) is 10.1. The second-order valence-corrected chi connectivity index (χ2v) is 4.51. The van der Waals surface area contributed by atoms with Gasteiger partial charge >= 0.3 is 0 Å². The molecule has 0 aliphatic rings. The molecule has 0 saturated heterocycles. The van der Waals surface area contributed by atoms with E-state index in [4.69, 9.17) is 11.6 Å². The largest absolute Gasteiger partial charge is 0.266 e. The van der Waals surface area contributed by atoms with Crippen LogP contribution in [0.3, 0.4) is 0 Å². The van der Waals surface area contributed by atoms with E-state index in [1.54, 1.807) is 12.4 Å². The van der Waals surface area contributed by atoms with Crippen molar-refractivity contribution in [1.29, 1.82) is 0 Å². The van der Waals surface area contributed by atoms with E-state index in [1.165, 1.54) is 0 Å². The first kappa shape index (κ1) is 11.9. The number of hydrogen-bond acceptors (Lipinski definition) is 3. The SMILES string of the molecule is Clc1cnc(Cn2cc(-c3ccccc3)cn2)cn1. The molecule has 94 valence electrons. The predicted molar refractivity (Wildman–Crippen MR) is 73.8 cm³/mol. The van der Waals surface area contributed by atoms with Crippen LogP contribution in [0.5, 0.6) is 0 Å². The van der Waals surface area contributed by atoms with Crippen molar-refractivity contribution < 1.29 is 0 Å². The van der Waals surface area contributed by atoms with Gasteiger partial charge in [0.05, 0.1) is 30.8 Å². The van der Waals surface area contributed by atoms with Gasteiger partial charge in [0.15, 0.2) is 0 Å². The van der Waals surface area contributed by atoms with Gasteiger partial charge in [-0.1, -0.05) is 41.9 Å². The van der Waals surface area contributed by atoms with E-state index in [0.717, 1.165) is 16.8 Å². The van der Waals surface area contributed by atoms with Gasteiger partial charge < -0.3 is 0 Å². The summed E-state index contributed by atoms with van der Waals surface area (Å²) in [5.74, 6) is 0. The van der Waals surface area contributed by atoms with Gasteiger partial charge in [-0.15, -0.1) is 0 Å². The lowest BCUT2D eigenvalue weighted by Crippen LogP contribution is -2.02. The van der Waals surface area contributed by atoms with E-state index in [2.05, 4.69) is 27.2 Å². The maximum Gasteiger partial charge on any atom is 0.147 e. The quantitative estimate of drug-likeness (QED) is 0.735. The van der Waals surface area contributed by atoms with Crippen LogP contribution in [0.15, 0.2) is 55.1 Å². The summed E-state index contributed by atoms with van der Waals surface area (Å²) < 4.78 is 1.83. The zero-order chi connectivity index (χ0) is 13.1. The Balaban J connectivity index is 1.80. The Labute approximate surface area is 115 Å². The third-order valence-corrected chi connectivity index (χ3v) is 2.93. The number of hydrogen-bond donors (Lipinski definition) is 0. The lowest BCUT2D eigenvalue weighted by atomic mass is 10.1. The molecule has 0 spiro atoms. The molecule has 0 amide bonds. The monoisotopic (exact) mass is 270 g/mol. The number of halogens is 1. The topological polar surface area (TPSA) is 43.6 Å². The van der Waals surface area contributed by atoms with Crippen molar-refractivity contribution in [2.75, 3.05) is 0 Å². The second kappa shape index (κ2) is 5.20. The van der Waals surface area contributed by atoms with E-state index in [1.807, 2.05) is 35.3 Å². The molecule has 4 nitrogen and oxygen atoms in total. The van der Waals surface area contributed by atoms with E-state index in [9.17, 15) is 0 Å². The molecule has 2 aromatic heterocycles. The second-order valence-electron chi connectivity index (χ2n) is 4.12. The highest BCUT2D eigenvalue weighted by atomic mass is 35.5. The number of nitrogens with zero attached hydrogens (tertiary/aromatic N) is 4. The first-order chi connectivity index (χ1) is 9.31. The number of rotatable bonds is 3. The normalized spacial score (nSPS) is 10.6. The Morgan fingerprint density at radius 3 is 2.53 bits per heavy atom. The van der Waals surface area contributed by atoms with Gasteiger partial charge in [0.25, 0.3) is 0 Å². The lowest BCUT2D eigenvalue weighted by molar-refractivity contribution is 0.670. The molecular weight excluding hydrogens is 260 g/mol. The molecule has 3 rings (SSSR count). The van der Waals surface area contributed by atoms with Gasteiger partial charge in [-0.2, -0.15) is 5.10 Å². The molecular formula is C14H11ClN4. The van der Waals surface area contributed by atoms with Crippen LogP contribution in [-0.2, 0) is 6.54 Å². The molecule has 0 fully saturated rings. The number of benzene rings is 1. The highest BCUT2D eigenvalue weighted by Crippen LogP contribution is 2.17. The molecule has 19 heavy (non-hydrogen) atoms. The molecule has 0 N–H and O–H groups in total. The average Bonchev–Trinajstić information content (AvgIpc) is 2.91. The van der Waals surface area contributed by atoms with Crippen molar-refractivity contribution in [3.8, 4) is 11.1 Å². The fraction of sp³-hybridized carbons (Fsp3) is 0.0714. The third kappa shape index (κ3) is 2.80. The first-order valence-electron chi connectivity index (χ1n) is 5.85. The molecule has 5 heteroatoms.